The number of piperazine rings is 1. The van der Waals surface area contributed by atoms with Crippen LogP contribution in [0, 0.1) is 0 Å². The Morgan fingerprint density at radius 2 is 1.72 bits per heavy atom. The van der Waals surface area contributed by atoms with Gasteiger partial charge >= 0.3 is 0 Å². The van der Waals surface area contributed by atoms with Crippen LogP contribution in [0.2, 0.25) is 5.02 Å². The molecule has 186 valence electrons. The van der Waals surface area contributed by atoms with Crippen LogP contribution in [0.5, 0.6) is 0 Å². The van der Waals surface area contributed by atoms with Crippen LogP contribution in [0.4, 0.5) is 0 Å². The van der Waals surface area contributed by atoms with Gasteiger partial charge in [0, 0.05) is 65.8 Å². The fraction of sp³-hybridized carbons (Fsp3) is 0.240. The minimum Gasteiger partial charge on any atom is -0.345 e. The molecule has 0 atom stereocenters. The van der Waals surface area contributed by atoms with Crippen molar-refractivity contribution in [3.05, 3.63) is 81.6 Å². The molecule has 0 spiro atoms. The molecular weight excluding hydrogens is 502 g/mol. The Balaban J connectivity index is 1.26. The molecule has 1 fully saturated rings. The highest BCUT2D eigenvalue weighted by atomic mass is 35.5. The summed E-state index contributed by atoms with van der Waals surface area (Å²) in [5.41, 5.74) is 2.48. The quantitative estimate of drug-likeness (QED) is 0.430. The number of aromatic nitrogens is 3. The van der Waals surface area contributed by atoms with Crippen LogP contribution in [0.25, 0.3) is 22.2 Å². The summed E-state index contributed by atoms with van der Waals surface area (Å²) < 4.78 is 29.1. The third-order valence-electron chi connectivity index (χ3n) is 6.30. The number of rotatable bonds is 5. The van der Waals surface area contributed by atoms with Gasteiger partial charge in [-0.05, 0) is 49.4 Å². The average Bonchev–Trinajstić information content (AvgIpc) is 3.33. The Labute approximate surface area is 213 Å². The summed E-state index contributed by atoms with van der Waals surface area (Å²) in [5, 5.41) is 5.70. The van der Waals surface area contributed by atoms with E-state index < -0.39 is 10.0 Å². The maximum absolute atomic E-state index is 13.2. The molecule has 0 bridgehead atoms. The maximum atomic E-state index is 13.2. The second-order valence-corrected chi connectivity index (χ2v) is 10.9. The van der Waals surface area contributed by atoms with Crippen molar-refractivity contribution in [1.29, 1.82) is 0 Å². The zero-order chi connectivity index (χ0) is 25.4. The van der Waals surface area contributed by atoms with Crippen molar-refractivity contribution < 1.29 is 13.2 Å². The molecule has 9 nitrogen and oxygen atoms in total. The van der Waals surface area contributed by atoms with Crippen molar-refractivity contribution >= 4 is 38.4 Å². The van der Waals surface area contributed by atoms with Gasteiger partial charge in [-0.3, -0.25) is 9.59 Å². The Hall–Kier alpha value is -3.47. The Bertz CT molecular complexity index is 1600. The lowest BCUT2D eigenvalue weighted by atomic mass is 10.1. The maximum Gasteiger partial charge on any atom is 0.266 e. The number of nitrogens with zero attached hydrogens (tertiary/aromatic N) is 4. The van der Waals surface area contributed by atoms with Gasteiger partial charge in [0.05, 0.1) is 5.69 Å². The van der Waals surface area contributed by atoms with Crippen LogP contribution in [-0.4, -0.2) is 64.5 Å². The van der Waals surface area contributed by atoms with Gasteiger partial charge in [-0.1, -0.05) is 23.7 Å². The molecule has 0 saturated carbocycles. The first-order valence-corrected chi connectivity index (χ1v) is 13.3. The molecule has 36 heavy (non-hydrogen) atoms. The number of hydrogen-bond donors (Lipinski definition) is 1. The van der Waals surface area contributed by atoms with E-state index in [2.05, 4.69) is 10.1 Å². The number of benzene rings is 2. The monoisotopic (exact) mass is 525 g/mol. The van der Waals surface area contributed by atoms with E-state index in [1.165, 1.54) is 15.1 Å². The molecule has 2 aromatic heterocycles. The van der Waals surface area contributed by atoms with E-state index in [0.29, 0.717) is 28.3 Å². The first kappa shape index (κ1) is 24.2. The minimum atomic E-state index is -3.73. The van der Waals surface area contributed by atoms with Gasteiger partial charge in [0.2, 0.25) is 0 Å². The first-order chi connectivity index (χ1) is 17.3. The topological polar surface area (TPSA) is 108 Å². The first-order valence-electron chi connectivity index (χ1n) is 11.5. The summed E-state index contributed by atoms with van der Waals surface area (Å²) in [4.78, 5) is 29.4. The largest absolute Gasteiger partial charge is 0.345 e. The number of nitrogens with one attached hydrogen (secondary N) is 1. The number of hydrogen-bond acceptors (Lipinski definition) is 5. The molecule has 1 aliphatic rings. The lowest BCUT2D eigenvalue weighted by molar-refractivity contribution is 0.0698. The van der Waals surface area contributed by atoms with E-state index in [9.17, 15) is 18.0 Å². The Kier molecular flexibility index (Phi) is 6.42. The van der Waals surface area contributed by atoms with Gasteiger partial charge in [0.1, 0.15) is 5.03 Å². The molecule has 1 aliphatic heterocycles. The predicted octanol–water partition coefficient (Wildman–Crippen LogP) is 3.21. The molecule has 5 rings (SSSR count). The van der Waals surface area contributed by atoms with Crippen LogP contribution in [-0.2, 0) is 16.6 Å². The van der Waals surface area contributed by atoms with Crippen molar-refractivity contribution in [3.63, 3.8) is 0 Å². The van der Waals surface area contributed by atoms with E-state index in [4.69, 9.17) is 11.6 Å². The lowest BCUT2D eigenvalue weighted by Gasteiger charge is -2.33. The molecule has 0 radical (unpaired) electrons. The number of carbonyl (C=O) groups is 1. The number of fused-ring (bicyclic) bond motifs is 1. The highest BCUT2D eigenvalue weighted by molar-refractivity contribution is 7.89. The number of amides is 1. The molecule has 3 heterocycles. The van der Waals surface area contributed by atoms with Crippen molar-refractivity contribution in [2.45, 2.75) is 18.5 Å². The van der Waals surface area contributed by atoms with Crippen LogP contribution in [0.3, 0.4) is 0 Å². The predicted molar refractivity (Wildman–Crippen MR) is 138 cm³/mol. The molecule has 4 aromatic rings. The van der Waals surface area contributed by atoms with Gasteiger partial charge in [-0.15, -0.1) is 0 Å². The van der Waals surface area contributed by atoms with Crippen molar-refractivity contribution in [2.24, 2.45) is 0 Å². The smallest absolute Gasteiger partial charge is 0.266 e. The fourth-order valence-corrected chi connectivity index (χ4v) is 5.90. The van der Waals surface area contributed by atoms with Crippen LogP contribution >= 0.6 is 11.6 Å². The van der Waals surface area contributed by atoms with E-state index in [1.807, 2.05) is 6.92 Å². The van der Waals surface area contributed by atoms with E-state index in [0.717, 1.165) is 10.9 Å². The van der Waals surface area contributed by atoms with Crippen molar-refractivity contribution in [3.8, 4) is 11.3 Å². The number of sulfonamides is 1. The molecule has 0 unspecified atom stereocenters. The molecule has 11 heteroatoms. The second-order valence-electron chi connectivity index (χ2n) is 8.51. The van der Waals surface area contributed by atoms with Gasteiger partial charge in [0.15, 0.2) is 0 Å². The van der Waals surface area contributed by atoms with Crippen LogP contribution in [0.15, 0.2) is 70.5 Å². The molecule has 1 amide bonds. The molecule has 1 saturated heterocycles. The molecule has 1 N–H and O–H groups in total. The minimum absolute atomic E-state index is 0.109. The zero-order valence-electron chi connectivity index (χ0n) is 19.5. The number of halogens is 1. The zero-order valence-corrected chi connectivity index (χ0v) is 21.1. The SMILES string of the molecule is CCn1nc(-c2ccc(C(=O)N3CCN(S(=O)(=O)c4cc5cc(Cl)ccc5[nH]4)CC3)cc2)ccc1=O. The summed E-state index contributed by atoms with van der Waals surface area (Å²) in [5.74, 6) is -0.162. The van der Waals surface area contributed by atoms with Gasteiger partial charge in [0.25, 0.3) is 21.5 Å². The van der Waals surface area contributed by atoms with Crippen LogP contribution in [0.1, 0.15) is 17.3 Å². The van der Waals surface area contributed by atoms with Crippen LogP contribution < -0.4 is 5.56 Å². The second kappa shape index (κ2) is 9.53. The van der Waals surface area contributed by atoms with Crippen molar-refractivity contribution in [2.75, 3.05) is 26.2 Å². The summed E-state index contributed by atoms with van der Waals surface area (Å²) in [6, 6.07) is 16.9. The third kappa shape index (κ3) is 4.55. The summed E-state index contributed by atoms with van der Waals surface area (Å²) in [6.07, 6.45) is 0. The van der Waals surface area contributed by atoms with E-state index in [1.54, 1.807) is 59.5 Å². The standard InChI is InChI=1S/C25H24ClN5O4S/c1-2-31-24(32)10-9-22(28-31)17-3-5-18(6-4-17)25(33)29-11-13-30(14-12-29)36(34,35)23-16-19-15-20(26)7-8-21(19)27-23/h3-10,15-16,27H,2,11-14H2,1H3. The molecule has 0 aliphatic carbocycles. The van der Waals surface area contributed by atoms with E-state index in [-0.39, 0.29) is 42.7 Å². The number of aryl methyl sites for hydroxylation is 1. The summed E-state index contributed by atoms with van der Waals surface area (Å²) in [6.45, 7) is 3.29. The molecular formula is C25H24ClN5O4S. The van der Waals surface area contributed by atoms with Gasteiger partial charge in [-0.25, -0.2) is 13.1 Å². The third-order valence-corrected chi connectivity index (χ3v) is 8.35. The Morgan fingerprint density at radius 3 is 2.42 bits per heavy atom. The fourth-order valence-electron chi connectivity index (χ4n) is 4.28. The summed E-state index contributed by atoms with van der Waals surface area (Å²) >= 11 is 6.02. The van der Waals surface area contributed by atoms with E-state index >= 15 is 0 Å². The number of aromatic amines is 1. The van der Waals surface area contributed by atoms with Crippen molar-refractivity contribution in [1.82, 2.24) is 24.0 Å². The number of carbonyl (C=O) groups excluding carboxylic acids is 1. The summed E-state index contributed by atoms with van der Waals surface area (Å²) in [7, 11) is -3.73. The molecule has 2 aromatic carbocycles. The Morgan fingerprint density at radius 1 is 1.00 bits per heavy atom. The lowest BCUT2D eigenvalue weighted by Crippen LogP contribution is -2.50. The van der Waals surface area contributed by atoms with Gasteiger partial charge in [-0.2, -0.15) is 9.40 Å². The highest BCUT2D eigenvalue weighted by Gasteiger charge is 2.31. The number of H-pyrrole nitrogens is 1. The normalized spacial score (nSPS) is 14.9. The van der Waals surface area contributed by atoms with Gasteiger partial charge < -0.3 is 9.88 Å². The highest BCUT2D eigenvalue weighted by Crippen LogP contribution is 2.25. The average molecular weight is 526 g/mol.